The molecule has 2 amide bonds. The molecule has 0 aliphatic carbocycles. The molecule has 0 spiro atoms. The first kappa shape index (κ1) is 18.3. The first-order chi connectivity index (χ1) is 12.0. The largest absolute Gasteiger partial charge is 0.282 e. The molecular weight excluding hydrogens is 362 g/mol. The summed E-state index contributed by atoms with van der Waals surface area (Å²) in [7, 11) is -3.49. The second-order valence-corrected chi connectivity index (χ2v) is 9.06. The number of thioether (sulfide) groups is 1. The van der Waals surface area contributed by atoms with Gasteiger partial charge in [0.2, 0.25) is 21.8 Å². The van der Waals surface area contributed by atoms with Crippen molar-refractivity contribution in [3.63, 3.8) is 0 Å². The normalized spacial score (nSPS) is 19.4. The third-order valence-corrected chi connectivity index (χ3v) is 7.19. The number of aromatic nitrogens is 1. The Labute approximate surface area is 151 Å². The van der Waals surface area contributed by atoms with Gasteiger partial charge in [-0.2, -0.15) is 4.31 Å². The molecule has 9 heteroatoms. The molecule has 7 nitrogen and oxygen atoms in total. The highest BCUT2D eigenvalue weighted by atomic mass is 32.2. The highest BCUT2D eigenvalue weighted by Gasteiger charge is 2.27. The van der Waals surface area contributed by atoms with Crippen molar-refractivity contribution in [2.45, 2.75) is 42.0 Å². The van der Waals surface area contributed by atoms with Crippen LogP contribution in [-0.2, 0) is 19.6 Å². The smallest absolute Gasteiger partial charge is 0.244 e. The summed E-state index contributed by atoms with van der Waals surface area (Å²) in [5.74, 6) is -0.224. The highest BCUT2D eigenvalue weighted by molar-refractivity contribution is 7.99. The summed E-state index contributed by atoms with van der Waals surface area (Å²) < 4.78 is 26.6. The predicted octanol–water partition coefficient (Wildman–Crippen LogP) is 1.50. The Morgan fingerprint density at radius 2 is 1.88 bits per heavy atom. The third-order valence-electron chi connectivity index (χ3n) is 4.38. The van der Waals surface area contributed by atoms with Gasteiger partial charge >= 0.3 is 0 Å². The number of piperidine rings is 1. The van der Waals surface area contributed by atoms with E-state index in [2.05, 4.69) is 4.98 Å². The number of sulfonamides is 1. The Morgan fingerprint density at radius 1 is 1.12 bits per heavy atom. The van der Waals surface area contributed by atoms with Gasteiger partial charge in [-0.3, -0.25) is 14.5 Å². The number of nitrogens with zero attached hydrogens (tertiary/aromatic N) is 3. The topological polar surface area (TPSA) is 87.7 Å². The van der Waals surface area contributed by atoms with Gasteiger partial charge in [0.25, 0.3) is 0 Å². The van der Waals surface area contributed by atoms with E-state index in [4.69, 9.17) is 0 Å². The molecule has 136 valence electrons. The Morgan fingerprint density at radius 3 is 2.48 bits per heavy atom. The lowest BCUT2D eigenvalue weighted by atomic mass is 10.2. The van der Waals surface area contributed by atoms with Crippen molar-refractivity contribution in [2.24, 2.45) is 0 Å². The average Bonchev–Trinajstić information content (AvgIpc) is 3.07. The molecule has 3 rings (SSSR count). The van der Waals surface area contributed by atoms with E-state index in [1.54, 1.807) is 6.07 Å². The van der Waals surface area contributed by atoms with Gasteiger partial charge in [-0.25, -0.2) is 13.4 Å². The van der Waals surface area contributed by atoms with Crippen LogP contribution in [0.4, 0.5) is 0 Å². The number of likely N-dealkylation sites (tertiary alicyclic amines) is 1. The Hall–Kier alpha value is -1.45. The van der Waals surface area contributed by atoms with Gasteiger partial charge < -0.3 is 0 Å². The summed E-state index contributed by atoms with van der Waals surface area (Å²) in [5.41, 5.74) is 0. The van der Waals surface area contributed by atoms with E-state index in [0.717, 1.165) is 25.7 Å². The summed E-state index contributed by atoms with van der Waals surface area (Å²) in [5, 5.41) is 0.567. The molecule has 1 aromatic heterocycles. The number of carbonyl (C=O) groups excluding carboxylic acids is 2. The van der Waals surface area contributed by atoms with Gasteiger partial charge in [-0.15, -0.1) is 0 Å². The zero-order valence-corrected chi connectivity index (χ0v) is 15.5. The maximum atomic E-state index is 12.6. The molecule has 25 heavy (non-hydrogen) atoms. The fourth-order valence-corrected chi connectivity index (χ4v) is 5.17. The van der Waals surface area contributed by atoms with Crippen molar-refractivity contribution < 1.29 is 18.0 Å². The van der Waals surface area contributed by atoms with E-state index >= 15 is 0 Å². The van der Waals surface area contributed by atoms with Crippen LogP contribution in [0.15, 0.2) is 28.3 Å². The predicted molar refractivity (Wildman–Crippen MR) is 93.5 cm³/mol. The number of amides is 2. The summed E-state index contributed by atoms with van der Waals surface area (Å²) in [6.45, 7) is 1.59. The molecule has 0 N–H and O–H groups in total. The average molecular weight is 383 g/mol. The molecule has 2 aliphatic rings. The quantitative estimate of drug-likeness (QED) is 0.716. The number of hydrogen-bond donors (Lipinski definition) is 0. The Balaban J connectivity index is 1.60. The molecule has 2 fully saturated rings. The summed E-state index contributed by atoms with van der Waals surface area (Å²) in [6, 6.07) is 3.14. The minimum absolute atomic E-state index is 0.122. The molecule has 2 aliphatic heterocycles. The molecule has 0 atom stereocenters. The number of rotatable bonds is 5. The number of carbonyl (C=O) groups is 2. The molecule has 2 saturated heterocycles. The van der Waals surface area contributed by atoms with Crippen molar-refractivity contribution in [1.29, 1.82) is 0 Å². The first-order valence-electron chi connectivity index (χ1n) is 8.41. The van der Waals surface area contributed by atoms with E-state index in [0.29, 0.717) is 31.1 Å². The minimum Gasteiger partial charge on any atom is -0.282 e. The molecule has 0 unspecified atom stereocenters. The molecule has 0 saturated carbocycles. The third kappa shape index (κ3) is 4.21. The number of hydrogen-bond acceptors (Lipinski definition) is 6. The molecule has 3 heterocycles. The van der Waals surface area contributed by atoms with E-state index in [-0.39, 0.29) is 22.5 Å². The van der Waals surface area contributed by atoms with Gasteiger partial charge in [0.05, 0.1) is 10.8 Å². The van der Waals surface area contributed by atoms with Crippen molar-refractivity contribution >= 4 is 33.6 Å². The van der Waals surface area contributed by atoms with Gasteiger partial charge in [0, 0.05) is 32.3 Å². The number of pyridine rings is 1. The molecule has 0 radical (unpaired) electrons. The van der Waals surface area contributed by atoms with Crippen LogP contribution in [0.3, 0.4) is 0 Å². The van der Waals surface area contributed by atoms with Crippen LogP contribution >= 0.6 is 11.8 Å². The maximum absolute atomic E-state index is 12.6. The second-order valence-electron chi connectivity index (χ2n) is 6.13. The van der Waals surface area contributed by atoms with Crippen LogP contribution in [0.25, 0.3) is 0 Å². The number of imide groups is 1. The van der Waals surface area contributed by atoms with Gasteiger partial charge in [0.1, 0.15) is 4.90 Å². The Bertz CT molecular complexity index is 743. The van der Waals surface area contributed by atoms with E-state index in [1.165, 1.54) is 33.2 Å². The highest BCUT2D eigenvalue weighted by Crippen LogP contribution is 2.23. The van der Waals surface area contributed by atoms with Crippen molar-refractivity contribution in [3.8, 4) is 0 Å². The summed E-state index contributed by atoms with van der Waals surface area (Å²) in [4.78, 5) is 29.2. The van der Waals surface area contributed by atoms with E-state index < -0.39 is 10.0 Å². The minimum atomic E-state index is -3.49. The lowest BCUT2D eigenvalue weighted by Crippen LogP contribution is -2.35. The molecule has 0 bridgehead atoms. The van der Waals surface area contributed by atoms with Crippen LogP contribution in [0, 0.1) is 0 Å². The maximum Gasteiger partial charge on any atom is 0.244 e. The second kappa shape index (κ2) is 7.84. The van der Waals surface area contributed by atoms with Crippen LogP contribution in [-0.4, -0.2) is 59.8 Å². The fourth-order valence-electron chi connectivity index (χ4n) is 2.98. The first-order valence-corrected chi connectivity index (χ1v) is 10.8. The van der Waals surface area contributed by atoms with Gasteiger partial charge in [-0.05, 0) is 31.4 Å². The lowest BCUT2D eigenvalue weighted by Gasteiger charge is -2.25. The molecule has 1 aromatic rings. The fraction of sp³-hybridized carbons (Fsp3) is 0.562. The van der Waals surface area contributed by atoms with Crippen molar-refractivity contribution in [1.82, 2.24) is 14.2 Å². The van der Waals surface area contributed by atoms with Crippen LogP contribution in [0.5, 0.6) is 0 Å². The van der Waals surface area contributed by atoms with Crippen LogP contribution in [0.1, 0.15) is 32.1 Å². The van der Waals surface area contributed by atoms with Crippen LogP contribution in [0.2, 0.25) is 0 Å². The summed E-state index contributed by atoms with van der Waals surface area (Å²) in [6.07, 6.45) is 5.33. The van der Waals surface area contributed by atoms with Gasteiger partial charge in [-0.1, -0.05) is 18.2 Å². The zero-order chi connectivity index (χ0) is 17.9. The van der Waals surface area contributed by atoms with E-state index in [9.17, 15) is 18.0 Å². The summed E-state index contributed by atoms with van der Waals surface area (Å²) >= 11 is 1.21. The van der Waals surface area contributed by atoms with Gasteiger partial charge in [0.15, 0.2) is 0 Å². The van der Waals surface area contributed by atoms with E-state index in [1.807, 2.05) is 0 Å². The monoisotopic (exact) mass is 383 g/mol. The Kier molecular flexibility index (Phi) is 5.75. The molecular formula is C16H21N3O4S2. The van der Waals surface area contributed by atoms with Crippen molar-refractivity contribution in [2.75, 3.05) is 25.4 Å². The SMILES string of the molecule is O=C1CCCN1C(=O)CSc1ccc(S(=O)(=O)N2CCCCC2)cn1. The lowest BCUT2D eigenvalue weighted by molar-refractivity contribution is -0.140. The van der Waals surface area contributed by atoms with Crippen LogP contribution < -0.4 is 0 Å². The van der Waals surface area contributed by atoms with Crippen molar-refractivity contribution in [3.05, 3.63) is 18.3 Å². The standard InChI is InChI=1S/C16H21N3O4S2/c20-15-5-4-10-19(15)16(21)12-24-14-7-6-13(11-17-14)25(22,23)18-8-2-1-3-9-18/h6-7,11H,1-5,8-10,12H2. The molecule has 0 aromatic carbocycles. The zero-order valence-electron chi connectivity index (χ0n) is 13.9.